The van der Waals surface area contributed by atoms with Crippen LogP contribution in [-0.2, 0) is 19.2 Å². The summed E-state index contributed by atoms with van der Waals surface area (Å²) in [6.07, 6.45) is 0.153. The molecule has 2 heterocycles. The van der Waals surface area contributed by atoms with E-state index in [1.54, 1.807) is 13.8 Å². The lowest BCUT2D eigenvalue weighted by molar-refractivity contribution is -0.145. The monoisotopic (exact) mass is 507 g/mol. The molecule has 1 saturated heterocycles. The summed E-state index contributed by atoms with van der Waals surface area (Å²) in [4.78, 5) is 50.4. The number of rotatable bonds is 6. The predicted octanol–water partition coefficient (Wildman–Crippen LogP) is 3.48. The fraction of sp³-hybridized carbons (Fsp3) is 0.364. The Morgan fingerprint density at radius 2 is 1.97 bits per heavy atom. The van der Waals surface area contributed by atoms with Crippen molar-refractivity contribution >= 4 is 46.7 Å². The van der Waals surface area contributed by atoms with Crippen molar-refractivity contribution in [3.05, 3.63) is 46.7 Å². The normalized spacial score (nSPS) is 20.5. The van der Waals surface area contributed by atoms with Crippen LogP contribution in [0.3, 0.4) is 0 Å². The molecule has 186 valence electrons. The van der Waals surface area contributed by atoms with Crippen LogP contribution in [0.2, 0.25) is 5.02 Å². The van der Waals surface area contributed by atoms with Crippen molar-refractivity contribution < 1.29 is 33.2 Å². The first-order valence-electron chi connectivity index (χ1n) is 10.2. The third kappa shape index (κ3) is 4.71. The van der Waals surface area contributed by atoms with Crippen LogP contribution in [0, 0.1) is 5.82 Å². The number of halogens is 2. The quantitative estimate of drug-likeness (QED) is 0.252. The van der Waals surface area contributed by atoms with Gasteiger partial charge >= 0.3 is 18.0 Å². The van der Waals surface area contributed by atoms with Gasteiger partial charge in [0.1, 0.15) is 11.5 Å². The Morgan fingerprint density at radius 1 is 1.34 bits per heavy atom. The van der Waals surface area contributed by atoms with Crippen LogP contribution in [0.5, 0.6) is 0 Å². The van der Waals surface area contributed by atoms with Crippen molar-refractivity contribution in [3.63, 3.8) is 0 Å². The van der Waals surface area contributed by atoms with Gasteiger partial charge in [-0.3, -0.25) is 9.80 Å². The molecule has 35 heavy (non-hydrogen) atoms. The summed E-state index contributed by atoms with van der Waals surface area (Å²) >= 11 is 6.29. The summed E-state index contributed by atoms with van der Waals surface area (Å²) in [5.74, 6) is -1.36. The van der Waals surface area contributed by atoms with Crippen LogP contribution >= 0.6 is 11.6 Å². The maximum absolute atomic E-state index is 14.9. The molecule has 0 spiro atoms. The maximum Gasteiger partial charge on any atom is 0.346 e. The molecular formula is C22H23ClFN5O6. The van der Waals surface area contributed by atoms with E-state index in [0.717, 1.165) is 15.9 Å². The van der Waals surface area contributed by atoms with Gasteiger partial charge in [0.05, 0.1) is 23.5 Å². The van der Waals surface area contributed by atoms with Gasteiger partial charge in [-0.15, -0.1) is 0 Å². The van der Waals surface area contributed by atoms with Crippen LogP contribution in [0.1, 0.15) is 25.8 Å². The Balaban J connectivity index is 1.91. The average molecular weight is 508 g/mol. The van der Waals surface area contributed by atoms with Crippen LogP contribution in [0.4, 0.5) is 19.7 Å². The summed E-state index contributed by atoms with van der Waals surface area (Å²) in [5, 5.41) is 7.94. The first-order chi connectivity index (χ1) is 16.4. The Bertz CT molecular complexity index is 1190. The Morgan fingerprint density at radius 3 is 2.54 bits per heavy atom. The second-order valence-corrected chi connectivity index (χ2v) is 8.27. The number of nitrogens with zero attached hydrogens (tertiary/aromatic N) is 5. The molecule has 0 aliphatic carbocycles. The maximum atomic E-state index is 14.9. The van der Waals surface area contributed by atoms with Gasteiger partial charge in [-0.2, -0.15) is 0 Å². The smallest absolute Gasteiger partial charge is 0.346 e. The van der Waals surface area contributed by atoms with Gasteiger partial charge < -0.3 is 14.4 Å². The minimum absolute atomic E-state index is 0.000300. The molecular weight excluding hydrogens is 485 g/mol. The van der Waals surface area contributed by atoms with E-state index >= 15 is 0 Å². The highest BCUT2D eigenvalue weighted by Gasteiger charge is 2.42. The molecule has 13 heteroatoms. The SMILES string of the molecule is C=C=C1N(C)C(=O)N(c2cc(C3=NOC(C)(/C(C)=N/OCC(=O)OC)C3)c(Cl)cc2F)C(=O)N1C. The first-order valence-corrected chi connectivity index (χ1v) is 10.6. The molecule has 0 bridgehead atoms. The molecule has 1 aromatic rings. The predicted molar refractivity (Wildman–Crippen MR) is 125 cm³/mol. The number of benzene rings is 1. The van der Waals surface area contributed by atoms with Crippen molar-refractivity contribution in [2.24, 2.45) is 10.3 Å². The minimum Gasteiger partial charge on any atom is -0.466 e. The topological polar surface area (TPSA) is 113 Å². The van der Waals surface area contributed by atoms with Gasteiger partial charge in [0.2, 0.25) is 6.61 Å². The van der Waals surface area contributed by atoms with E-state index in [1.165, 1.54) is 27.3 Å². The van der Waals surface area contributed by atoms with Crippen LogP contribution in [0.25, 0.3) is 0 Å². The van der Waals surface area contributed by atoms with Gasteiger partial charge in [0.15, 0.2) is 11.4 Å². The molecule has 2 aliphatic heterocycles. The molecule has 4 amide bonds. The molecule has 1 aromatic carbocycles. The highest BCUT2D eigenvalue weighted by molar-refractivity contribution is 6.34. The molecule has 0 radical (unpaired) electrons. The Hall–Kier alpha value is -3.89. The summed E-state index contributed by atoms with van der Waals surface area (Å²) < 4.78 is 19.4. The van der Waals surface area contributed by atoms with Gasteiger partial charge in [-0.05, 0) is 26.0 Å². The number of carbonyl (C=O) groups excluding carboxylic acids is 3. The molecule has 1 unspecified atom stereocenters. The third-order valence-corrected chi connectivity index (χ3v) is 5.89. The van der Waals surface area contributed by atoms with Gasteiger partial charge in [-0.1, -0.05) is 34.2 Å². The van der Waals surface area contributed by atoms with E-state index < -0.39 is 29.4 Å². The minimum atomic E-state index is -1.05. The zero-order valence-corrected chi connectivity index (χ0v) is 20.5. The molecule has 0 saturated carbocycles. The highest BCUT2D eigenvalue weighted by Crippen LogP contribution is 2.35. The van der Waals surface area contributed by atoms with E-state index in [2.05, 4.69) is 27.4 Å². The fourth-order valence-electron chi connectivity index (χ4n) is 3.38. The van der Waals surface area contributed by atoms with E-state index in [-0.39, 0.29) is 35.1 Å². The lowest BCUT2D eigenvalue weighted by Crippen LogP contribution is -2.57. The number of carbonyl (C=O) groups is 3. The lowest BCUT2D eigenvalue weighted by Gasteiger charge is -2.38. The number of anilines is 1. The largest absolute Gasteiger partial charge is 0.466 e. The summed E-state index contributed by atoms with van der Waals surface area (Å²) in [5.41, 5.74) is 2.09. The average Bonchev–Trinajstić information content (AvgIpc) is 3.22. The molecule has 0 aromatic heterocycles. The molecule has 1 fully saturated rings. The van der Waals surface area contributed by atoms with Gasteiger partial charge in [0, 0.05) is 26.1 Å². The van der Waals surface area contributed by atoms with Crippen LogP contribution in [-0.4, -0.2) is 72.7 Å². The Labute approximate surface area is 205 Å². The van der Waals surface area contributed by atoms with Crippen molar-refractivity contribution in [2.45, 2.75) is 25.9 Å². The van der Waals surface area contributed by atoms with Crippen LogP contribution < -0.4 is 4.90 Å². The number of amides is 4. The van der Waals surface area contributed by atoms with Crippen molar-refractivity contribution in [1.82, 2.24) is 9.80 Å². The summed E-state index contributed by atoms with van der Waals surface area (Å²) in [6.45, 7) is 6.40. The second-order valence-electron chi connectivity index (χ2n) is 7.87. The lowest BCUT2D eigenvalue weighted by atomic mass is 9.92. The van der Waals surface area contributed by atoms with E-state index in [0.29, 0.717) is 16.3 Å². The number of oxime groups is 2. The van der Waals surface area contributed by atoms with Gasteiger partial charge in [0.25, 0.3) is 0 Å². The number of hydrogen-bond acceptors (Lipinski definition) is 8. The number of methoxy groups -OCH3 is 1. The van der Waals surface area contributed by atoms with Crippen molar-refractivity contribution in [2.75, 3.05) is 32.7 Å². The molecule has 0 N–H and O–H groups in total. The molecule has 2 aliphatic rings. The van der Waals surface area contributed by atoms with E-state index in [4.69, 9.17) is 21.3 Å². The Kier molecular flexibility index (Phi) is 7.18. The van der Waals surface area contributed by atoms with Crippen molar-refractivity contribution in [3.8, 4) is 0 Å². The van der Waals surface area contributed by atoms with E-state index in [9.17, 15) is 18.8 Å². The van der Waals surface area contributed by atoms with Crippen LogP contribution in [0.15, 0.2) is 40.6 Å². The number of imide groups is 1. The zero-order valence-electron chi connectivity index (χ0n) is 19.7. The summed E-state index contributed by atoms with van der Waals surface area (Å²) in [7, 11) is 4.04. The van der Waals surface area contributed by atoms with Crippen molar-refractivity contribution in [1.29, 1.82) is 0 Å². The number of urea groups is 2. The van der Waals surface area contributed by atoms with Gasteiger partial charge in [-0.25, -0.2) is 23.7 Å². The second kappa shape index (κ2) is 9.77. The fourth-order valence-corrected chi connectivity index (χ4v) is 3.64. The standard InChI is InChI=1S/C22H23ClFN5O6/c1-7-18-27(4)20(31)29(21(32)28(18)5)17-8-13(14(23)9-15(17)24)16-10-22(3,35-26-16)12(2)25-34-11-19(30)33-6/h8-9H,1,10-11H2,2-6H3/b25-12+. The summed E-state index contributed by atoms with van der Waals surface area (Å²) in [6, 6.07) is 0.647. The molecule has 1 atom stereocenters. The van der Waals surface area contributed by atoms with E-state index in [1.807, 2.05) is 0 Å². The highest BCUT2D eigenvalue weighted by atomic mass is 35.5. The number of ether oxygens (including phenoxy) is 1. The zero-order chi connectivity index (χ0) is 26.1. The number of esters is 1. The third-order valence-electron chi connectivity index (χ3n) is 5.58. The molecule has 3 rings (SSSR count). The number of hydrogen-bond donors (Lipinski definition) is 0. The molecule has 11 nitrogen and oxygen atoms in total. The first kappa shape index (κ1) is 25.7.